The molecular weight excluding hydrogens is 289 g/mol. The Labute approximate surface area is 124 Å². The third-order valence-corrected chi connectivity index (χ3v) is 3.58. The fourth-order valence-corrected chi connectivity index (χ4v) is 2.51. The highest BCUT2D eigenvalue weighted by atomic mass is 32.1. The summed E-state index contributed by atoms with van der Waals surface area (Å²) in [6.07, 6.45) is 3.28. The SMILES string of the molecule is O=C(Nc1cccc(F)c1)c1cccnc1-c1cncs1. The molecule has 0 aliphatic heterocycles. The highest BCUT2D eigenvalue weighted by Gasteiger charge is 2.15. The molecule has 3 aromatic rings. The van der Waals surface area contributed by atoms with E-state index >= 15 is 0 Å². The number of nitrogens with zero attached hydrogens (tertiary/aromatic N) is 2. The summed E-state index contributed by atoms with van der Waals surface area (Å²) in [7, 11) is 0. The highest BCUT2D eigenvalue weighted by Crippen LogP contribution is 2.25. The van der Waals surface area contributed by atoms with Crippen LogP contribution in [0.25, 0.3) is 10.6 Å². The average molecular weight is 299 g/mol. The third-order valence-electron chi connectivity index (χ3n) is 2.80. The van der Waals surface area contributed by atoms with Crippen molar-refractivity contribution < 1.29 is 9.18 Å². The van der Waals surface area contributed by atoms with Gasteiger partial charge in [0.25, 0.3) is 5.91 Å². The van der Waals surface area contributed by atoms with Gasteiger partial charge in [0.2, 0.25) is 0 Å². The van der Waals surface area contributed by atoms with Crippen LogP contribution in [0.15, 0.2) is 54.3 Å². The topological polar surface area (TPSA) is 54.9 Å². The molecule has 0 atom stereocenters. The molecule has 4 nitrogen and oxygen atoms in total. The number of hydrogen-bond donors (Lipinski definition) is 1. The Morgan fingerprint density at radius 2 is 2.14 bits per heavy atom. The van der Waals surface area contributed by atoms with Crippen LogP contribution in [-0.4, -0.2) is 15.9 Å². The lowest BCUT2D eigenvalue weighted by atomic mass is 10.1. The van der Waals surface area contributed by atoms with Gasteiger partial charge in [0.1, 0.15) is 5.82 Å². The van der Waals surface area contributed by atoms with Gasteiger partial charge in [0.15, 0.2) is 0 Å². The Bertz CT molecular complexity index is 774. The molecule has 0 bridgehead atoms. The lowest BCUT2D eigenvalue weighted by molar-refractivity contribution is 0.102. The Hall–Kier alpha value is -2.60. The Kier molecular flexibility index (Phi) is 3.70. The first-order valence-electron chi connectivity index (χ1n) is 6.15. The number of aromatic nitrogens is 2. The Balaban J connectivity index is 1.92. The smallest absolute Gasteiger partial charge is 0.257 e. The Morgan fingerprint density at radius 3 is 2.90 bits per heavy atom. The third kappa shape index (κ3) is 2.95. The maximum atomic E-state index is 13.2. The largest absolute Gasteiger partial charge is 0.322 e. The zero-order valence-corrected chi connectivity index (χ0v) is 11.6. The summed E-state index contributed by atoms with van der Waals surface area (Å²) in [4.78, 5) is 21.4. The molecule has 0 aliphatic carbocycles. The predicted molar refractivity (Wildman–Crippen MR) is 79.7 cm³/mol. The number of benzene rings is 1. The molecule has 0 radical (unpaired) electrons. The minimum Gasteiger partial charge on any atom is -0.322 e. The van der Waals surface area contributed by atoms with Crippen molar-refractivity contribution in [3.05, 3.63) is 65.7 Å². The van der Waals surface area contributed by atoms with Crippen LogP contribution in [0.5, 0.6) is 0 Å². The van der Waals surface area contributed by atoms with Crippen LogP contribution in [0.1, 0.15) is 10.4 Å². The summed E-state index contributed by atoms with van der Waals surface area (Å²) in [6.45, 7) is 0. The fraction of sp³-hybridized carbons (Fsp3) is 0. The molecule has 104 valence electrons. The molecular formula is C15H10FN3OS. The first kappa shape index (κ1) is 13.4. The maximum Gasteiger partial charge on any atom is 0.257 e. The molecule has 0 saturated carbocycles. The first-order valence-corrected chi connectivity index (χ1v) is 7.03. The lowest BCUT2D eigenvalue weighted by Crippen LogP contribution is -2.13. The highest BCUT2D eigenvalue weighted by molar-refractivity contribution is 7.13. The van der Waals surface area contributed by atoms with Crippen LogP contribution in [-0.2, 0) is 0 Å². The number of carbonyl (C=O) groups excluding carboxylic acids is 1. The number of rotatable bonds is 3. The molecule has 1 amide bonds. The van der Waals surface area contributed by atoms with Gasteiger partial charge in [-0.05, 0) is 30.3 Å². The van der Waals surface area contributed by atoms with Crippen LogP contribution in [0.4, 0.5) is 10.1 Å². The molecule has 0 unspecified atom stereocenters. The Morgan fingerprint density at radius 1 is 1.24 bits per heavy atom. The van der Waals surface area contributed by atoms with Crippen molar-refractivity contribution >= 4 is 22.9 Å². The van der Waals surface area contributed by atoms with E-state index < -0.39 is 5.82 Å². The zero-order chi connectivity index (χ0) is 14.7. The van der Waals surface area contributed by atoms with E-state index in [4.69, 9.17) is 0 Å². The predicted octanol–water partition coefficient (Wildman–Crippen LogP) is 3.60. The molecule has 2 aromatic heterocycles. The van der Waals surface area contributed by atoms with Crippen molar-refractivity contribution in [3.8, 4) is 10.6 Å². The van der Waals surface area contributed by atoms with Gasteiger partial charge in [-0.15, -0.1) is 11.3 Å². The number of nitrogens with one attached hydrogen (secondary N) is 1. The summed E-state index contributed by atoms with van der Waals surface area (Å²) < 4.78 is 13.2. The number of hydrogen-bond acceptors (Lipinski definition) is 4. The van der Waals surface area contributed by atoms with Crippen molar-refractivity contribution in [1.82, 2.24) is 9.97 Å². The van der Waals surface area contributed by atoms with Crippen molar-refractivity contribution in [2.75, 3.05) is 5.32 Å². The van der Waals surface area contributed by atoms with Crippen LogP contribution < -0.4 is 5.32 Å². The fourth-order valence-electron chi connectivity index (χ4n) is 1.88. The maximum absolute atomic E-state index is 13.2. The number of pyridine rings is 1. The molecule has 1 aromatic carbocycles. The second-order valence-electron chi connectivity index (χ2n) is 4.23. The van der Waals surface area contributed by atoms with Crippen LogP contribution in [0, 0.1) is 5.82 Å². The summed E-state index contributed by atoms with van der Waals surface area (Å²) in [5, 5.41) is 2.67. The molecule has 1 N–H and O–H groups in total. The minimum absolute atomic E-state index is 0.336. The quantitative estimate of drug-likeness (QED) is 0.804. The lowest BCUT2D eigenvalue weighted by Gasteiger charge is -2.08. The average Bonchev–Trinajstić information content (AvgIpc) is 3.01. The van der Waals surface area contributed by atoms with Crippen molar-refractivity contribution in [2.45, 2.75) is 0 Å². The van der Waals surface area contributed by atoms with Gasteiger partial charge < -0.3 is 5.32 Å². The summed E-state index contributed by atoms with van der Waals surface area (Å²) in [6, 6.07) is 9.12. The van der Waals surface area contributed by atoms with Crippen LogP contribution >= 0.6 is 11.3 Å². The second kappa shape index (κ2) is 5.80. The zero-order valence-electron chi connectivity index (χ0n) is 10.8. The van der Waals surface area contributed by atoms with E-state index in [9.17, 15) is 9.18 Å². The number of thiazole rings is 1. The molecule has 3 rings (SSSR count). The standard InChI is InChI=1S/C15H10FN3OS/c16-10-3-1-4-11(7-10)19-15(20)12-5-2-6-18-14(12)13-8-17-9-21-13/h1-9H,(H,19,20). The minimum atomic E-state index is -0.401. The normalized spacial score (nSPS) is 10.3. The van der Waals surface area contributed by atoms with Crippen molar-refractivity contribution in [3.63, 3.8) is 0 Å². The van der Waals surface area contributed by atoms with Gasteiger partial charge in [0, 0.05) is 18.1 Å². The monoisotopic (exact) mass is 299 g/mol. The van der Waals surface area contributed by atoms with Crippen molar-refractivity contribution in [2.24, 2.45) is 0 Å². The van der Waals surface area contributed by atoms with Crippen LogP contribution in [0.3, 0.4) is 0 Å². The van der Waals surface area contributed by atoms with E-state index in [1.54, 1.807) is 36.1 Å². The van der Waals surface area contributed by atoms with E-state index in [0.717, 1.165) is 4.88 Å². The van der Waals surface area contributed by atoms with Gasteiger partial charge in [-0.2, -0.15) is 0 Å². The number of anilines is 1. The van der Waals surface area contributed by atoms with Gasteiger partial charge in [-0.3, -0.25) is 14.8 Å². The summed E-state index contributed by atoms with van der Waals surface area (Å²) in [5.74, 6) is -0.737. The number of amides is 1. The molecule has 0 aliphatic rings. The molecule has 2 heterocycles. The van der Waals surface area contributed by atoms with E-state index in [0.29, 0.717) is 16.9 Å². The summed E-state index contributed by atoms with van der Waals surface area (Å²) in [5.41, 5.74) is 3.07. The molecule has 0 spiro atoms. The van der Waals surface area contributed by atoms with Gasteiger partial charge >= 0.3 is 0 Å². The molecule has 0 fully saturated rings. The van der Waals surface area contributed by atoms with Gasteiger partial charge in [0.05, 0.1) is 21.6 Å². The van der Waals surface area contributed by atoms with Gasteiger partial charge in [-0.25, -0.2) is 4.39 Å². The van der Waals surface area contributed by atoms with E-state index in [1.165, 1.54) is 29.5 Å². The van der Waals surface area contributed by atoms with E-state index in [2.05, 4.69) is 15.3 Å². The van der Waals surface area contributed by atoms with Gasteiger partial charge in [-0.1, -0.05) is 6.07 Å². The summed E-state index contributed by atoms with van der Waals surface area (Å²) >= 11 is 1.40. The molecule has 21 heavy (non-hydrogen) atoms. The molecule has 0 saturated heterocycles. The molecule has 6 heteroatoms. The van der Waals surface area contributed by atoms with E-state index in [-0.39, 0.29) is 5.91 Å². The second-order valence-corrected chi connectivity index (χ2v) is 5.12. The number of halogens is 1. The van der Waals surface area contributed by atoms with Crippen LogP contribution in [0.2, 0.25) is 0 Å². The van der Waals surface area contributed by atoms with Crippen molar-refractivity contribution in [1.29, 1.82) is 0 Å². The first-order chi connectivity index (χ1) is 10.2. The van der Waals surface area contributed by atoms with E-state index in [1.807, 2.05) is 0 Å². The number of carbonyl (C=O) groups is 1.